The zero-order chi connectivity index (χ0) is 12.1. The summed E-state index contributed by atoms with van der Waals surface area (Å²) in [6.45, 7) is 7.07. The molecule has 96 valence electrons. The van der Waals surface area contributed by atoms with Crippen molar-refractivity contribution in [3.05, 3.63) is 0 Å². The van der Waals surface area contributed by atoms with Gasteiger partial charge in [0.15, 0.2) is 0 Å². The second-order valence-electron chi connectivity index (χ2n) is 3.42. The molecular weight excluding hydrogens is 208 g/mol. The minimum Gasteiger partial charge on any atom is -0.466 e. The Morgan fingerprint density at radius 1 is 0.875 bits per heavy atom. The molecule has 0 bridgehead atoms. The van der Waals surface area contributed by atoms with E-state index in [-0.39, 0.29) is 5.97 Å². The average molecular weight is 232 g/mol. The van der Waals surface area contributed by atoms with E-state index in [0.717, 1.165) is 32.5 Å². The van der Waals surface area contributed by atoms with Crippen LogP contribution in [0.25, 0.3) is 0 Å². The highest BCUT2D eigenvalue weighted by Gasteiger charge is 2.00. The molecule has 4 heteroatoms. The monoisotopic (exact) mass is 232 g/mol. The third kappa shape index (κ3) is 11.5. The topological polar surface area (TPSA) is 44.8 Å². The molecule has 0 aliphatic rings. The number of hydrogen-bond donors (Lipinski definition) is 0. The number of carbonyl (C=O) groups is 1. The quantitative estimate of drug-likeness (QED) is 0.404. The fourth-order valence-corrected chi connectivity index (χ4v) is 1.25. The molecular formula is C12H24O4. The summed E-state index contributed by atoms with van der Waals surface area (Å²) in [5.41, 5.74) is 0. The Hall–Kier alpha value is -0.610. The lowest BCUT2D eigenvalue weighted by Crippen LogP contribution is -2.05. The molecule has 0 aliphatic carbocycles. The van der Waals surface area contributed by atoms with Crippen LogP contribution in [0.4, 0.5) is 0 Å². The van der Waals surface area contributed by atoms with E-state index < -0.39 is 0 Å². The second kappa shape index (κ2) is 12.5. The van der Waals surface area contributed by atoms with Gasteiger partial charge >= 0.3 is 5.97 Å². The van der Waals surface area contributed by atoms with Gasteiger partial charge in [-0.1, -0.05) is 6.42 Å². The Bertz CT molecular complexity index is 159. The van der Waals surface area contributed by atoms with Gasteiger partial charge in [-0.05, 0) is 26.7 Å². The largest absolute Gasteiger partial charge is 0.466 e. The molecule has 0 unspecified atom stereocenters. The Morgan fingerprint density at radius 3 is 2.31 bits per heavy atom. The standard InChI is InChI=1S/C12H24O4/c1-3-14-10-11-15-9-7-5-6-8-12(13)16-4-2/h3-11H2,1-2H3. The first-order valence-corrected chi connectivity index (χ1v) is 6.12. The molecule has 0 heterocycles. The summed E-state index contributed by atoms with van der Waals surface area (Å²) in [5.74, 6) is -0.0974. The van der Waals surface area contributed by atoms with Gasteiger partial charge in [0, 0.05) is 19.6 Å². The minimum atomic E-state index is -0.0974. The van der Waals surface area contributed by atoms with E-state index in [4.69, 9.17) is 14.2 Å². The van der Waals surface area contributed by atoms with Gasteiger partial charge in [0.05, 0.1) is 19.8 Å². The van der Waals surface area contributed by atoms with Crippen molar-refractivity contribution in [1.82, 2.24) is 0 Å². The lowest BCUT2D eigenvalue weighted by Gasteiger charge is -2.04. The second-order valence-corrected chi connectivity index (χ2v) is 3.42. The first kappa shape index (κ1) is 15.4. The van der Waals surface area contributed by atoms with Crippen LogP contribution >= 0.6 is 0 Å². The molecule has 16 heavy (non-hydrogen) atoms. The zero-order valence-electron chi connectivity index (χ0n) is 10.5. The van der Waals surface area contributed by atoms with Crippen molar-refractivity contribution >= 4 is 5.97 Å². The molecule has 0 saturated heterocycles. The molecule has 0 N–H and O–H groups in total. The van der Waals surface area contributed by atoms with E-state index >= 15 is 0 Å². The molecule has 0 fully saturated rings. The van der Waals surface area contributed by atoms with Gasteiger partial charge in [-0.2, -0.15) is 0 Å². The van der Waals surface area contributed by atoms with Gasteiger partial charge in [-0.3, -0.25) is 4.79 Å². The van der Waals surface area contributed by atoms with Crippen molar-refractivity contribution in [2.24, 2.45) is 0 Å². The average Bonchev–Trinajstić information content (AvgIpc) is 2.27. The van der Waals surface area contributed by atoms with Crippen molar-refractivity contribution in [3.63, 3.8) is 0 Å². The van der Waals surface area contributed by atoms with Crippen LogP contribution in [0.15, 0.2) is 0 Å². The van der Waals surface area contributed by atoms with E-state index in [9.17, 15) is 4.79 Å². The van der Waals surface area contributed by atoms with Crippen LogP contribution in [0, 0.1) is 0 Å². The highest BCUT2D eigenvalue weighted by molar-refractivity contribution is 5.69. The van der Waals surface area contributed by atoms with Gasteiger partial charge in [-0.25, -0.2) is 0 Å². The fourth-order valence-electron chi connectivity index (χ4n) is 1.25. The number of carbonyl (C=O) groups excluding carboxylic acids is 1. The minimum absolute atomic E-state index is 0.0974. The molecule has 0 atom stereocenters. The van der Waals surface area contributed by atoms with Gasteiger partial charge in [0.2, 0.25) is 0 Å². The Kier molecular flexibility index (Phi) is 12.0. The third-order valence-electron chi connectivity index (χ3n) is 2.05. The predicted octanol–water partition coefficient (Wildman–Crippen LogP) is 2.16. The van der Waals surface area contributed by atoms with Crippen LogP contribution < -0.4 is 0 Å². The van der Waals surface area contributed by atoms with Crippen molar-refractivity contribution in [2.45, 2.75) is 39.5 Å². The summed E-state index contributed by atoms with van der Waals surface area (Å²) in [5, 5.41) is 0. The molecule has 0 aromatic carbocycles. The SMILES string of the molecule is CCOCCOCCCCCC(=O)OCC. The summed E-state index contributed by atoms with van der Waals surface area (Å²) in [6, 6.07) is 0. The van der Waals surface area contributed by atoms with Crippen LogP contribution in [0.2, 0.25) is 0 Å². The first-order valence-electron chi connectivity index (χ1n) is 6.12. The van der Waals surface area contributed by atoms with Crippen LogP contribution in [-0.4, -0.2) is 39.0 Å². The van der Waals surface area contributed by atoms with E-state index in [1.807, 2.05) is 13.8 Å². The summed E-state index contributed by atoms with van der Waals surface area (Å²) >= 11 is 0. The van der Waals surface area contributed by atoms with Crippen molar-refractivity contribution in [1.29, 1.82) is 0 Å². The summed E-state index contributed by atoms with van der Waals surface area (Å²) in [6.07, 6.45) is 3.40. The Balaban J connectivity index is 3.01. The van der Waals surface area contributed by atoms with Crippen LogP contribution in [0.3, 0.4) is 0 Å². The Morgan fingerprint density at radius 2 is 1.62 bits per heavy atom. The smallest absolute Gasteiger partial charge is 0.305 e. The Labute approximate surface area is 98.3 Å². The highest BCUT2D eigenvalue weighted by atomic mass is 16.5. The van der Waals surface area contributed by atoms with Crippen molar-refractivity contribution in [3.8, 4) is 0 Å². The van der Waals surface area contributed by atoms with Crippen molar-refractivity contribution < 1.29 is 19.0 Å². The molecule has 0 aromatic heterocycles. The number of esters is 1. The summed E-state index contributed by atoms with van der Waals surface area (Å²) in [4.78, 5) is 11.0. The molecule has 0 spiro atoms. The maximum Gasteiger partial charge on any atom is 0.305 e. The first-order chi connectivity index (χ1) is 7.81. The zero-order valence-corrected chi connectivity index (χ0v) is 10.5. The van der Waals surface area contributed by atoms with E-state index in [2.05, 4.69) is 0 Å². The van der Waals surface area contributed by atoms with Gasteiger partial charge in [0.1, 0.15) is 0 Å². The van der Waals surface area contributed by atoms with Gasteiger partial charge in [-0.15, -0.1) is 0 Å². The molecule has 0 saturated carbocycles. The molecule has 0 aliphatic heterocycles. The maximum atomic E-state index is 11.0. The van der Waals surface area contributed by atoms with E-state index in [0.29, 0.717) is 26.2 Å². The van der Waals surface area contributed by atoms with Crippen LogP contribution in [0.1, 0.15) is 39.5 Å². The molecule has 0 amide bonds. The maximum absolute atomic E-state index is 11.0. The molecule has 0 rings (SSSR count). The lowest BCUT2D eigenvalue weighted by molar-refractivity contribution is -0.143. The number of unbranched alkanes of at least 4 members (excludes halogenated alkanes) is 2. The predicted molar refractivity (Wildman–Crippen MR) is 62.4 cm³/mol. The summed E-state index contributed by atoms with van der Waals surface area (Å²) in [7, 11) is 0. The fraction of sp³-hybridized carbons (Fsp3) is 0.917. The molecule has 0 radical (unpaired) electrons. The number of ether oxygens (including phenoxy) is 3. The third-order valence-corrected chi connectivity index (χ3v) is 2.05. The number of rotatable bonds is 11. The molecule has 4 nitrogen and oxygen atoms in total. The summed E-state index contributed by atoms with van der Waals surface area (Å²) < 4.78 is 15.3. The number of hydrogen-bond acceptors (Lipinski definition) is 4. The van der Waals surface area contributed by atoms with E-state index in [1.54, 1.807) is 0 Å². The molecule has 0 aromatic rings. The normalized spacial score (nSPS) is 10.4. The van der Waals surface area contributed by atoms with E-state index in [1.165, 1.54) is 0 Å². The van der Waals surface area contributed by atoms with Crippen LogP contribution in [0.5, 0.6) is 0 Å². The van der Waals surface area contributed by atoms with Crippen molar-refractivity contribution in [2.75, 3.05) is 33.0 Å². The lowest BCUT2D eigenvalue weighted by atomic mass is 10.2. The van der Waals surface area contributed by atoms with Crippen LogP contribution in [-0.2, 0) is 19.0 Å². The highest BCUT2D eigenvalue weighted by Crippen LogP contribution is 2.01. The van der Waals surface area contributed by atoms with Gasteiger partial charge in [0.25, 0.3) is 0 Å². The van der Waals surface area contributed by atoms with Gasteiger partial charge < -0.3 is 14.2 Å².